The van der Waals surface area contributed by atoms with Gasteiger partial charge in [-0.3, -0.25) is 4.79 Å². The Bertz CT molecular complexity index is 452. The zero-order valence-corrected chi connectivity index (χ0v) is 9.80. The molecule has 6 nitrogen and oxygen atoms in total. The molecular formula is C12H15N3O3. The lowest BCUT2D eigenvalue weighted by Gasteiger charge is -2.35. The van der Waals surface area contributed by atoms with E-state index >= 15 is 0 Å². The van der Waals surface area contributed by atoms with Crippen molar-refractivity contribution in [2.45, 2.75) is 12.6 Å². The van der Waals surface area contributed by atoms with Crippen LogP contribution in [-0.4, -0.2) is 41.1 Å². The number of aliphatic hydroxyl groups excluding tert-OH is 1. The normalized spacial score (nSPS) is 15.1. The number of carbonyl (C=O) groups is 2. The molecule has 3 amide bonds. The van der Waals surface area contributed by atoms with Crippen LogP contribution in [0.2, 0.25) is 0 Å². The van der Waals surface area contributed by atoms with Gasteiger partial charge in [0.25, 0.3) is 5.91 Å². The molecule has 1 aliphatic rings. The molecule has 2 rings (SSSR count). The second-order valence-electron chi connectivity index (χ2n) is 4.28. The Kier molecular flexibility index (Phi) is 3.47. The molecular weight excluding hydrogens is 234 g/mol. The van der Waals surface area contributed by atoms with Gasteiger partial charge in [0, 0.05) is 25.2 Å². The van der Waals surface area contributed by atoms with Gasteiger partial charge in [0.05, 0.1) is 6.10 Å². The van der Waals surface area contributed by atoms with Crippen molar-refractivity contribution in [3.05, 3.63) is 35.4 Å². The predicted molar refractivity (Wildman–Crippen MR) is 64.8 cm³/mol. The number of urea groups is 1. The van der Waals surface area contributed by atoms with Crippen LogP contribution in [0.3, 0.4) is 0 Å². The molecule has 0 unspecified atom stereocenters. The fourth-order valence-corrected chi connectivity index (χ4v) is 1.76. The van der Waals surface area contributed by atoms with Crippen LogP contribution in [0.5, 0.6) is 0 Å². The number of primary amides is 1. The van der Waals surface area contributed by atoms with Crippen LogP contribution in [0.4, 0.5) is 4.79 Å². The van der Waals surface area contributed by atoms with Gasteiger partial charge in [-0.1, -0.05) is 12.1 Å². The van der Waals surface area contributed by atoms with E-state index in [1.54, 1.807) is 29.2 Å². The van der Waals surface area contributed by atoms with Gasteiger partial charge in [-0.2, -0.15) is 0 Å². The molecule has 1 aromatic rings. The summed E-state index contributed by atoms with van der Waals surface area (Å²) in [4.78, 5) is 24.0. The van der Waals surface area contributed by atoms with E-state index in [0.29, 0.717) is 25.2 Å². The Balaban J connectivity index is 1.94. The van der Waals surface area contributed by atoms with Gasteiger partial charge in [-0.25, -0.2) is 4.79 Å². The fraction of sp³-hybridized carbons (Fsp3) is 0.333. The number of benzene rings is 1. The first-order valence-corrected chi connectivity index (χ1v) is 5.66. The average Bonchev–Trinajstić information content (AvgIpc) is 2.32. The predicted octanol–water partition coefficient (Wildman–Crippen LogP) is -0.328. The largest absolute Gasteiger partial charge is 0.389 e. The van der Waals surface area contributed by atoms with Crippen molar-refractivity contribution in [1.82, 2.24) is 10.2 Å². The van der Waals surface area contributed by atoms with Crippen LogP contribution in [0.25, 0.3) is 0 Å². The summed E-state index contributed by atoms with van der Waals surface area (Å²) in [5.74, 6) is -0.0882. The van der Waals surface area contributed by atoms with Gasteiger partial charge in [0.1, 0.15) is 0 Å². The minimum atomic E-state index is -0.579. The molecule has 0 aromatic heterocycles. The van der Waals surface area contributed by atoms with Crippen molar-refractivity contribution in [3.63, 3.8) is 0 Å². The summed E-state index contributed by atoms with van der Waals surface area (Å²) in [6, 6.07) is 6.35. The number of rotatable bonds is 3. The topological polar surface area (TPSA) is 95.7 Å². The van der Waals surface area contributed by atoms with Crippen LogP contribution < -0.4 is 11.1 Å². The summed E-state index contributed by atoms with van der Waals surface area (Å²) in [5.41, 5.74) is 6.41. The smallest absolute Gasteiger partial charge is 0.312 e. The van der Waals surface area contributed by atoms with E-state index in [2.05, 4.69) is 5.32 Å². The lowest BCUT2D eigenvalue weighted by Crippen LogP contribution is -2.53. The second-order valence-corrected chi connectivity index (χ2v) is 4.28. The lowest BCUT2D eigenvalue weighted by atomic mass is 10.1. The molecule has 1 fully saturated rings. The van der Waals surface area contributed by atoms with Crippen LogP contribution in [0.15, 0.2) is 24.3 Å². The molecule has 1 aromatic carbocycles. The number of aliphatic hydroxyl groups is 1. The zero-order valence-electron chi connectivity index (χ0n) is 9.80. The van der Waals surface area contributed by atoms with Crippen molar-refractivity contribution in [1.29, 1.82) is 0 Å². The highest BCUT2D eigenvalue weighted by atomic mass is 16.3. The fourth-order valence-electron chi connectivity index (χ4n) is 1.76. The third-order valence-corrected chi connectivity index (χ3v) is 2.82. The van der Waals surface area contributed by atoms with Crippen LogP contribution in [0.1, 0.15) is 15.9 Å². The standard InChI is InChI=1S/C12H15N3O3/c13-12(18)14-5-8-1-3-9(4-2-8)11(17)15-6-10(16)7-15/h1-4,10,16H,5-7H2,(H3,13,14,18). The van der Waals surface area contributed by atoms with Crippen molar-refractivity contribution in [3.8, 4) is 0 Å². The van der Waals surface area contributed by atoms with E-state index in [9.17, 15) is 9.59 Å². The molecule has 0 saturated carbocycles. The quantitative estimate of drug-likeness (QED) is 0.684. The number of hydrogen-bond acceptors (Lipinski definition) is 3. The summed E-state index contributed by atoms with van der Waals surface area (Å²) in [6.07, 6.45) is -0.395. The number of likely N-dealkylation sites (tertiary alicyclic amines) is 1. The highest BCUT2D eigenvalue weighted by molar-refractivity contribution is 5.94. The Labute approximate surface area is 104 Å². The average molecular weight is 249 g/mol. The Morgan fingerprint density at radius 2 is 1.94 bits per heavy atom. The summed E-state index contributed by atoms with van der Waals surface area (Å²) >= 11 is 0. The van der Waals surface area contributed by atoms with Crippen LogP contribution in [-0.2, 0) is 6.54 Å². The number of β-amino-alcohol motifs (C(OH)–C–C–N with tert-alkyl or cyclic N) is 1. The number of hydrogen-bond donors (Lipinski definition) is 3. The van der Waals surface area contributed by atoms with E-state index in [0.717, 1.165) is 5.56 Å². The molecule has 0 atom stereocenters. The van der Waals surface area contributed by atoms with Crippen molar-refractivity contribution >= 4 is 11.9 Å². The molecule has 0 bridgehead atoms. The lowest BCUT2D eigenvalue weighted by molar-refractivity contribution is 0.00589. The van der Waals surface area contributed by atoms with Gasteiger partial charge < -0.3 is 21.1 Å². The summed E-state index contributed by atoms with van der Waals surface area (Å²) in [6.45, 7) is 1.12. The van der Waals surface area contributed by atoms with Crippen molar-refractivity contribution in [2.24, 2.45) is 5.73 Å². The summed E-state index contributed by atoms with van der Waals surface area (Å²) in [7, 11) is 0. The third kappa shape index (κ3) is 2.78. The van der Waals surface area contributed by atoms with Crippen LogP contribution in [0, 0.1) is 0 Å². The monoisotopic (exact) mass is 249 g/mol. The van der Waals surface area contributed by atoms with Gasteiger partial charge >= 0.3 is 6.03 Å². The van der Waals surface area contributed by atoms with Gasteiger partial charge in [-0.05, 0) is 17.7 Å². The number of nitrogens with one attached hydrogen (secondary N) is 1. The molecule has 4 N–H and O–H groups in total. The molecule has 0 radical (unpaired) electrons. The van der Waals surface area contributed by atoms with E-state index in [-0.39, 0.29) is 5.91 Å². The summed E-state index contributed by atoms with van der Waals surface area (Å²) in [5, 5.41) is 11.6. The number of amides is 3. The highest BCUT2D eigenvalue weighted by Crippen LogP contribution is 2.13. The van der Waals surface area contributed by atoms with E-state index < -0.39 is 12.1 Å². The maximum Gasteiger partial charge on any atom is 0.312 e. The third-order valence-electron chi connectivity index (χ3n) is 2.82. The Morgan fingerprint density at radius 3 is 2.44 bits per heavy atom. The molecule has 1 saturated heterocycles. The number of nitrogens with zero attached hydrogens (tertiary/aromatic N) is 1. The van der Waals surface area contributed by atoms with Gasteiger partial charge in [0.15, 0.2) is 0 Å². The number of nitrogens with two attached hydrogens (primary N) is 1. The van der Waals surface area contributed by atoms with Gasteiger partial charge in [0.2, 0.25) is 0 Å². The minimum absolute atomic E-state index is 0.0882. The SMILES string of the molecule is NC(=O)NCc1ccc(C(=O)N2CC(O)C2)cc1. The second kappa shape index (κ2) is 5.05. The number of carbonyl (C=O) groups excluding carboxylic acids is 2. The van der Waals surface area contributed by atoms with E-state index in [1.165, 1.54) is 0 Å². The van der Waals surface area contributed by atoms with Crippen molar-refractivity contribution < 1.29 is 14.7 Å². The Morgan fingerprint density at radius 1 is 1.33 bits per heavy atom. The van der Waals surface area contributed by atoms with E-state index in [4.69, 9.17) is 10.8 Å². The maximum absolute atomic E-state index is 11.9. The molecule has 0 aliphatic carbocycles. The molecule has 1 aliphatic heterocycles. The van der Waals surface area contributed by atoms with Gasteiger partial charge in [-0.15, -0.1) is 0 Å². The molecule has 1 heterocycles. The summed E-state index contributed by atoms with van der Waals surface area (Å²) < 4.78 is 0. The van der Waals surface area contributed by atoms with Crippen LogP contribution >= 0.6 is 0 Å². The van der Waals surface area contributed by atoms with Crippen molar-refractivity contribution in [2.75, 3.05) is 13.1 Å². The molecule has 0 spiro atoms. The first-order valence-electron chi connectivity index (χ1n) is 5.66. The molecule has 6 heteroatoms. The highest BCUT2D eigenvalue weighted by Gasteiger charge is 2.29. The minimum Gasteiger partial charge on any atom is -0.389 e. The first kappa shape index (κ1) is 12.4. The van der Waals surface area contributed by atoms with E-state index in [1.807, 2.05) is 0 Å². The molecule has 18 heavy (non-hydrogen) atoms. The Hall–Kier alpha value is -2.08. The molecule has 96 valence electrons. The first-order chi connectivity index (χ1) is 8.56. The maximum atomic E-state index is 11.9. The zero-order chi connectivity index (χ0) is 13.1.